The molecule has 2 aromatic carbocycles. The summed E-state index contributed by atoms with van der Waals surface area (Å²) in [5.74, 6) is 0. The number of aromatic nitrogens is 1. The Kier molecular flexibility index (Phi) is 4.25. The van der Waals surface area contributed by atoms with E-state index in [1.807, 2.05) is 48.5 Å². The summed E-state index contributed by atoms with van der Waals surface area (Å²) in [4.78, 5) is 4.01. The summed E-state index contributed by atoms with van der Waals surface area (Å²) in [5.41, 5.74) is 4.69. The van der Waals surface area contributed by atoms with Crippen LogP contribution in [0.4, 0.5) is 0 Å². The highest BCUT2D eigenvalue weighted by Crippen LogP contribution is 2.18. The van der Waals surface area contributed by atoms with E-state index in [0.29, 0.717) is 5.71 Å². The van der Waals surface area contributed by atoms with Gasteiger partial charge in [-0.15, -0.1) is 0 Å². The van der Waals surface area contributed by atoms with Crippen LogP contribution in [-0.4, -0.2) is 15.9 Å². The topological polar surface area (TPSA) is 45.5 Å². The molecule has 3 rings (SSSR count). The Morgan fingerprint density at radius 2 is 1.55 bits per heavy atom. The first-order chi connectivity index (χ1) is 10.9. The van der Waals surface area contributed by atoms with Crippen LogP contribution in [0.1, 0.15) is 22.3 Å². The molecule has 22 heavy (non-hydrogen) atoms. The van der Waals surface area contributed by atoms with Gasteiger partial charge in [0.2, 0.25) is 0 Å². The Morgan fingerprint density at radius 1 is 0.864 bits per heavy atom. The molecule has 3 aromatic rings. The summed E-state index contributed by atoms with van der Waals surface area (Å²) in [5, 5.41) is 13.0. The second-order valence-electron chi connectivity index (χ2n) is 5.00. The molecule has 0 saturated carbocycles. The number of hydrogen-bond donors (Lipinski definition) is 1. The molecule has 0 aliphatic rings. The quantitative estimate of drug-likeness (QED) is 0.449. The van der Waals surface area contributed by atoms with Crippen molar-refractivity contribution in [2.45, 2.75) is 6.42 Å². The van der Waals surface area contributed by atoms with Crippen LogP contribution in [0.25, 0.3) is 0 Å². The summed E-state index contributed by atoms with van der Waals surface area (Å²) in [6.07, 6.45) is 4.18. The normalized spacial score (nSPS) is 11.4. The van der Waals surface area contributed by atoms with Gasteiger partial charge in [0.15, 0.2) is 0 Å². The van der Waals surface area contributed by atoms with Gasteiger partial charge in [-0.1, -0.05) is 59.8 Å². The van der Waals surface area contributed by atoms with Crippen LogP contribution in [-0.2, 0) is 6.42 Å². The zero-order chi connectivity index (χ0) is 15.2. The van der Waals surface area contributed by atoms with Crippen molar-refractivity contribution >= 4 is 5.71 Å². The second kappa shape index (κ2) is 6.68. The zero-order valence-corrected chi connectivity index (χ0v) is 12.1. The Labute approximate surface area is 129 Å². The predicted molar refractivity (Wildman–Crippen MR) is 87.4 cm³/mol. The van der Waals surface area contributed by atoms with E-state index in [1.54, 1.807) is 12.4 Å². The number of pyridine rings is 1. The van der Waals surface area contributed by atoms with Crippen LogP contribution in [0.5, 0.6) is 0 Å². The maximum atomic E-state index is 9.49. The van der Waals surface area contributed by atoms with Crippen LogP contribution >= 0.6 is 0 Å². The molecule has 0 spiro atoms. The first-order valence-corrected chi connectivity index (χ1v) is 7.13. The van der Waals surface area contributed by atoms with Gasteiger partial charge in [0, 0.05) is 23.5 Å². The number of oxime groups is 1. The highest BCUT2D eigenvalue weighted by molar-refractivity contribution is 6.13. The maximum absolute atomic E-state index is 9.49. The van der Waals surface area contributed by atoms with Gasteiger partial charge in [0.1, 0.15) is 5.71 Å². The maximum Gasteiger partial charge on any atom is 0.117 e. The lowest BCUT2D eigenvalue weighted by molar-refractivity contribution is 0.319. The predicted octanol–water partition coefficient (Wildman–Crippen LogP) is 3.90. The molecule has 3 nitrogen and oxygen atoms in total. The molecule has 0 saturated heterocycles. The Bertz CT molecular complexity index is 768. The largest absolute Gasteiger partial charge is 0.410 e. The lowest BCUT2D eigenvalue weighted by Crippen LogP contribution is -2.07. The molecular formula is C19H16N2O. The molecule has 1 N–H and O–H groups in total. The molecule has 0 aliphatic carbocycles. The third-order valence-electron chi connectivity index (χ3n) is 3.56. The van der Waals surface area contributed by atoms with Gasteiger partial charge in [0.25, 0.3) is 0 Å². The number of hydrogen-bond acceptors (Lipinski definition) is 3. The van der Waals surface area contributed by atoms with E-state index in [0.717, 1.165) is 23.1 Å². The fourth-order valence-corrected chi connectivity index (χ4v) is 2.50. The van der Waals surface area contributed by atoms with Crippen molar-refractivity contribution in [3.05, 3.63) is 101 Å². The molecule has 1 aromatic heterocycles. The summed E-state index contributed by atoms with van der Waals surface area (Å²) >= 11 is 0. The first-order valence-electron chi connectivity index (χ1n) is 7.13. The minimum absolute atomic E-state index is 0.564. The summed E-state index contributed by atoms with van der Waals surface area (Å²) in [7, 11) is 0. The van der Waals surface area contributed by atoms with E-state index in [1.165, 1.54) is 5.56 Å². The molecule has 0 fully saturated rings. The van der Waals surface area contributed by atoms with Gasteiger partial charge in [-0.25, -0.2) is 0 Å². The third kappa shape index (κ3) is 3.04. The standard InChI is InChI=1S/C19H16N2O/c22-21-19(16-10-12-20-13-11-16)18-9-5-4-8-17(18)14-15-6-2-1-3-7-15/h1-13,22H,14H2. The molecule has 0 amide bonds. The Morgan fingerprint density at radius 3 is 2.27 bits per heavy atom. The molecule has 0 bridgehead atoms. The van der Waals surface area contributed by atoms with E-state index in [9.17, 15) is 5.21 Å². The van der Waals surface area contributed by atoms with Crippen molar-refractivity contribution in [1.82, 2.24) is 4.98 Å². The summed E-state index contributed by atoms with van der Waals surface area (Å²) in [6.45, 7) is 0. The lowest BCUT2D eigenvalue weighted by Gasteiger charge is -2.11. The number of benzene rings is 2. The van der Waals surface area contributed by atoms with Gasteiger partial charge in [0.05, 0.1) is 0 Å². The molecule has 0 atom stereocenters. The molecule has 1 heterocycles. The molecule has 108 valence electrons. The summed E-state index contributed by atoms with van der Waals surface area (Å²) < 4.78 is 0. The van der Waals surface area contributed by atoms with E-state index >= 15 is 0 Å². The third-order valence-corrected chi connectivity index (χ3v) is 3.56. The van der Waals surface area contributed by atoms with Crippen LogP contribution < -0.4 is 0 Å². The summed E-state index contributed by atoms with van der Waals surface area (Å²) in [6, 6.07) is 21.9. The molecular weight excluding hydrogens is 272 g/mol. The van der Waals surface area contributed by atoms with E-state index in [-0.39, 0.29) is 0 Å². The Hall–Kier alpha value is -2.94. The van der Waals surface area contributed by atoms with Crippen molar-refractivity contribution in [2.75, 3.05) is 0 Å². The first kappa shape index (κ1) is 14.0. The van der Waals surface area contributed by atoms with Crippen LogP contribution in [0.15, 0.2) is 84.3 Å². The number of rotatable bonds is 4. The average Bonchev–Trinajstić information content (AvgIpc) is 2.59. The van der Waals surface area contributed by atoms with Gasteiger partial charge in [-0.2, -0.15) is 0 Å². The van der Waals surface area contributed by atoms with Gasteiger partial charge in [-0.3, -0.25) is 4.98 Å². The van der Waals surface area contributed by atoms with Crippen molar-refractivity contribution in [3.8, 4) is 0 Å². The van der Waals surface area contributed by atoms with Crippen molar-refractivity contribution in [2.24, 2.45) is 5.16 Å². The smallest absolute Gasteiger partial charge is 0.117 e. The minimum Gasteiger partial charge on any atom is -0.410 e. The van der Waals surface area contributed by atoms with E-state index in [4.69, 9.17) is 0 Å². The molecule has 0 aliphatic heterocycles. The monoisotopic (exact) mass is 288 g/mol. The highest BCUT2D eigenvalue weighted by Gasteiger charge is 2.12. The molecule has 3 heteroatoms. The van der Waals surface area contributed by atoms with Crippen molar-refractivity contribution < 1.29 is 5.21 Å². The number of nitrogens with zero attached hydrogens (tertiary/aromatic N) is 2. The molecule has 0 radical (unpaired) electrons. The fourth-order valence-electron chi connectivity index (χ4n) is 2.50. The van der Waals surface area contributed by atoms with Gasteiger partial charge in [-0.05, 0) is 29.7 Å². The van der Waals surface area contributed by atoms with Gasteiger partial charge >= 0.3 is 0 Å². The Balaban J connectivity index is 2.01. The fraction of sp³-hybridized carbons (Fsp3) is 0.0526. The van der Waals surface area contributed by atoms with Crippen molar-refractivity contribution in [3.63, 3.8) is 0 Å². The highest BCUT2D eigenvalue weighted by atomic mass is 16.4. The van der Waals surface area contributed by atoms with Crippen LogP contribution in [0.3, 0.4) is 0 Å². The van der Waals surface area contributed by atoms with E-state index < -0.39 is 0 Å². The van der Waals surface area contributed by atoms with E-state index in [2.05, 4.69) is 28.3 Å². The SMILES string of the molecule is ON=C(c1ccncc1)c1ccccc1Cc1ccccc1. The van der Waals surface area contributed by atoms with Crippen LogP contribution in [0, 0.1) is 0 Å². The van der Waals surface area contributed by atoms with Crippen molar-refractivity contribution in [1.29, 1.82) is 0 Å². The minimum atomic E-state index is 0.564. The lowest BCUT2D eigenvalue weighted by atomic mass is 9.94. The van der Waals surface area contributed by atoms with Crippen LogP contribution in [0.2, 0.25) is 0 Å². The van der Waals surface area contributed by atoms with Gasteiger partial charge < -0.3 is 5.21 Å². The zero-order valence-electron chi connectivity index (χ0n) is 12.1. The second-order valence-corrected chi connectivity index (χ2v) is 5.00. The average molecular weight is 288 g/mol. The molecule has 0 unspecified atom stereocenters.